The van der Waals surface area contributed by atoms with Gasteiger partial charge in [-0.05, 0) is 83.8 Å². The summed E-state index contributed by atoms with van der Waals surface area (Å²) in [7, 11) is 0. The molecule has 3 fully saturated rings. The molecule has 0 spiro atoms. The Hall–Kier alpha value is -2.33. The molecule has 1 N–H and O–H groups in total. The topological polar surface area (TPSA) is 41.6 Å². The Morgan fingerprint density at radius 3 is 2.39 bits per heavy atom. The number of rotatable bonds is 4. The second kappa shape index (κ2) is 8.79. The number of fused-ring (bicyclic) bond motifs is 4. The average molecular weight is 447 g/mol. The summed E-state index contributed by atoms with van der Waals surface area (Å²) in [6, 6.07) is 15.6. The molecule has 2 aromatic carbocycles. The molecule has 3 heterocycles. The first-order valence-electron chi connectivity index (χ1n) is 12.7. The zero-order valence-electron chi connectivity index (χ0n) is 20.6. The molecule has 176 valence electrons. The van der Waals surface area contributed by atoms with Gasteiger partial charge in [0.2, 0.25) is 0 Å². The molecule has 2 bridgehead atoms. The summed E-state index contributed by atoms with van der Waals surface area (Å²) in [5.41, 5.74) is 6.43. The smallest absolute Gasteiger partial charge is 0.407 e. The van der Waals surface area contributed by atoms with Crippen LogP contribution in [0.2, 0.25) is 0 Å². The van der Waals surface area contributed by atoms with E-state index in [-0.39, 0.29) is 23.7 Å². The molecule has 0 unspecified atom stereocenters. The molecule has 1 amide bonds. The van der Waals surface area contributed by atoms with Gasteiger partial charge in [0.1, 0.15) is 6.10 Å². The highest BCUT2D eigenvalue weighted by Crippen LogP contribution is 2.44. The van der Waals surface area contributed by atoms with E-state index in [1.807, 2.05) is 0 Å². The van der Waals surface area contributed by atoms with Crippen molar-refractivity contribution in [3.05, 3.63) is 59.2 Å². The van der Waals surface area contributed by atoms with E-state index in [2.05, 4.69) is 80.4 Å². The lowest BCUT2D eigenvalue weighted by Gasteiger charge is -2.44. The molecule has 4 heteroatoms. The van der Waals surface area contributed by atoms with Crippen LogP contribution < -0.4 is 5.32 Å². The summed E-state index contributed by atoms with van der Waals surface area (Å²) in [4.78, 5) is 15.4. The van der Waals surface area contributed by atoms with E-state index in [4.69, 9.17) is 4.74 Å². The number of benzene rings is 2. The van der Waals surface area contributed by atoms with Crippen LogP contribution in [0.5, 0.6) is 0 Å². The molecule has 4 nitrogen and oxygen atoms in total. The Balaban J connectivity index is 1.33. The number of hydrogen-bond acceptors (Lipinski definition) is 3. The van der Waals surface area contributed by atoms with E-state index in [0.29, 0.717) is 11.8 Å². The highest BCUT2D eigenvalue weighted by molar-refractivity contribution is 5.70. The molecule has 33 heavy (non-hydrogen) atoms. The highest BCUT2D eigenvalue weighted by atomic mass is 16.6. The molecule has 4 aliphatic rings. The lowest BCUT2D eigenvalue weighted by Crippen LogP contribution is -2.53. The van der Waals surface area contributed by atoms with Crippen LogP contribution in [0.1, 0.15) is 75.6 Å². The molecule has 2 aromatic rings. The van der Waals surface area contributed by atoms with E-state index in [1.54, 1.807) is 0 Å². The Labute approximate surface area is 198 Å². The number of nitrogens with one attached hydrogen (secondary N) is 1. The first-order chi connectivity index (χ1) is 15.8. The van der Waals surface area contributed by atoms with Crippen molar-refractivity contribution in [1.29, 1.82) is 0 Å². The second-order valence-corrected chi connectivity index (χ2v) is 11.3. The summed E-state index contributed by atoms with van der Waals surface area (Å²) in [6.07, 6.45) is 4.16. The molecule has 3 aliphatic heterocycles. The number of hydrogen-bond donors (Lipinski definition) is 1. The maximum atomic E-state index is 13.0. The zero-order chi connectivity index (χ0) is 23.2. The van der Waals surface area contributed by atoms with Gasteiger partial charge in [0.25, 0.3) is 0 Å². The average Bonchev–Trinajstić information content (AvgIpc) is 2.81. The van der Waals surface area contributed by atoms with Crippen LogP contribution in [0.4, 0.5) is 4.79 Å². The fourth-order valence-corrected chi connectivity index (χ4v) is 5.97. The van der Waals surface area contributed by atoms with Gasteiger partial charge < -0.3 is 10.1 Å². The van der Waals surface area contributed by atoms with E-state index < -0.39 is 0 Å². The fourth-order valence-electron chi connectivity index (χ4n) is 5.97. The molecular formula is C29H38N2O2. The van der Waals surface area contributed by atoms with Gasteiger partial charge in [0.05, 0.1) is 6.04 Å². The quantitative estimate of drug-likeness (QED) is 0.598. The van der Waals surface area contributed by atoms with Crippen molar-refractivity contribution in [3.8, 4) is 11.1 Å². The Bertz CT molecular complexity index is 1000. The van der Waals surface area contributed by atoms with Gasteiger partial charge in [0, 0.05) is 6.54 Å². The minimum absolute atomic E-state index is 0.0124. The molecule has 6 rings (SSSR count). The van der Waals surface area contributed by atoms with Crippen molar-refractivity contribution in [2.24, 2.45) is 11.3 Å². The number of ether oxygens (including phenoxy) is 1. The first kappa shape index (κ1) is 22.5. The molecule has 0 saturated carbocycles. The van der Waals surface area contributed by atoms with E-state index in [0.717, 1.165) is 45.3 Å². The van der Waals surface area contributed by atoms with Crippen LogP contribution in [0.3, 0.4) is 0 Å². The number of piperidine rings is 3. The summed E-state index contributed by atoms with van der Waals surface area (Å²) >= 11 is 0. The van der Waals surface area contributed by atoms with Crippen LogP contribution in [-0.2, 0) is 11.2 Å². The van der Waals surface area contributed by atoms with Gasteiger partial charge in [-0.15, -0.1) is 0 Å². The first-order valence-corrected chi connectivity index (χ1v) is 12.7. The predicted octanol–water partition coefficient (Wildman–Crippen LogP) is 6.31. The number of amides is 1. The lowest BCUT2D eigenvalue weighted by molar-refractivity contribution is -0.0353. The third-order valence-electron chi connectivity index (χ3n) is 8.30. The molecule has 0 radical (unpaired) electrons. The second-order valence-electron chi connectivity index (χ2n) is 11.3. The van der Waals surface area contributed by atoms with Crippen LogP contribution in [-0.4, -0.2) is 36.7 Å². The molecular weight excluding hydrogens is 408 g/mol. The number of carbonyl (C=O) groups excluding carboxylic acids is 1. The van der Waals surface area contributed by atoms with Crippen molar-refractivity contribution >= 4 is 6.09 Å². The summed E-state index contributed by atoms with van der Waals surface area (Å²) in [5, 5.41) is 3.27. The summed E-state index contributed by atoms with van der Waals surface area (Å²) in [6.45, 7) is 12.2. The maximum Gasteiger partial charge on any atom is 0.407 e. The van der Waals surface area contributed by atoms with Crippen molar-refractivity contribution < 1.29 is 9.53 Å². The lowest BCUT2D eigenvalue weighted by atomic mass is 9.70. The van der Waals surface area contributed by atoms with E-state index >= 15 is 0 Å². The van der Waals surface area contributed by atoms with Gasteiger partial charge >= 0.3 is 6.09 Å². The van der Waals surface area contributed by atoms with Crippen LogP contribution >= 0.6 is 0 Å². The van der Waals surface area contributed by atoms with Gasteiger partial charge in [-0.1, -0.05) is 70.2 Å². The Kier molecular flexibility index (Phi) is 5.98. The largest absolute Gasteiger partial charge is 0.445 e. The predicted molar refractivity (Wildman–Crippen MR) is 133 cm³/mol. The third-order valence-corrected chi connectivity index (χ3v) is 8.30. The van der Waals surface area contributed by atoms with Gasteiger partial charge in [-0.3, -0.25) is 4.90 Å². The standard InChI is InChI=1S/C29H38N2O2/c1-19(2)20-5-7-21(8-6-20)23-9-10-25-24(17-23)11-14-29(3,4)27(25)30-28(32)33-26-18-31-15-12-22(26)13-16-31/h5-10,17,19,22,26-27H,11-16,18H2,1-4H3,(H,30,32)/t26-,27+/m1/s1. The van der Waals surface area contributed by atoms with Crippen molar-refractivity contribution in [2.75, 3.05) is 19.6 Å². The Morgan fingerprint density at radius 1 is 1.06 bits per heavy atom. The molecule has 2 atom stereocenters. The molecule has 0 aromatic heterocycles. The minimum Gasteiger partial charge on any atom is -0.445 e. The summed E-state index contributed by atoms with van der Waals surface area (Å²) in [5.74, 6) is 1.06. The SMILES string of the molecule is CC(C)c1ccc(-c2ccc3c(c2)CCC(C)(C)[C@H]3NC(=O)O[C@@H]2CN3CCC2CC3)cc1. The van der Waals surface area contributed by atoms with Crippen LogP contribution in [0, 0.1) is 11.3 Å². The number of aryl methyl sites for hydroxylation is 1. The van der Waals surface area contributed by atoms with Gasteiger partial charge in [-0.2, -0.15) is 0 Å². The number of carbonyl (C=O) groups is 1. The number of nitrogens with zero attached hydrogens (tertiary/aromatic N) is 1. The van der Waals surface area contributed by atoms with Gasteiger partial charge in [-0.25, -0.2) is 4.79 Å². The molecule has 1 aliphatic carbocycles. The zero-order valence-corrected chi connectivity index (χ0v) is 20.6. The Morgan fingerprint density at radius 2 is 1.76 bits per heavy atom. The normalized spacial score (nSPS) is 27.8. The monoisotopic (exact) mass is 446 g/mol. The number of alkyl carbamates (subject to hydrolysis) is 1. The molecule has 3 saturated heterocycles. The van der Waals surface area contributed by atoms with E-state index in [1.165, 1.54) is 27.8 Å². The van der Waals surface area contributed by atoms with Gasteiger partial charge in [0.15, 0.2) is 0 Å². The maximum absolute atomic E-state index is 13.0. The minimum atomic E-state index is -0.256. The summed E-state index contributed by atoms with van der Waals surface area (Å²) < 4.78 is 5.97. The van der Waals surface area contributed by atoms with Crippen molar-refractivity contribution in [2.45, 2.75) is 71.4 Å². The van der Waals surface area contributed by atoms with Crippen molar-refractivity contribution in [1.82, 2.24) is 10.2 Å². The van der Waals surface area contributed by atoms with Crippen LogP contribution in [0.15, 0.2) is 42.5 Å². The van der Waals surface area contributed by atoms with Crippen LogP contribution in [0.25, 0.3) is 11.1 Å². The van der Waals surface area contributed by atoms with Crippen molar-refractivity contribution in [3.63, 3.8) is 0 Å². The fraction of sp³-hybridized carbons (Fsp3) is 0.552. The van der Waals surface area contributed by atoms with E-state index in [9.17, 15) is 4.79 Å². The highest BCUT2D eigenvalue weighted by Gasteiger charge is 2.40. The third kappa shape index (κ3) is 4.55.